The maximum atomic E-state index is 10.4. The Morgan fingerprint density at radius 2 is 2.20 bits per heavy atom. The molecule has 0 aromatic rings. The molecule has 0 radical (unpaired) electrons. The maximum absolute atomic E-state index is 10.4. The molecule has 0 rings (SSSR count). The highest BCUT2D eigenvalue weighted by atomic mass is 33.1. The van der Waals surface area contributed by atoms with Gasteiger partial charge in [-0.25, -0.2) is 0 Å². The van der Waals surface area contributed by atoms with Crippen LogP contribution in [0.3, 0.4) is 0 Å². The van der Waals surface area contributed by atoms with Gasteiger partial charge in [-0.2, -0.15) is 0 Å². The van der Waals surface area contributed by atoms with E-state index in [1.54, 1.807) is 35.6 Å². The lowest BCUT2D eigenvalue weighted by Gasteiger charge is -1.96. The summed E-state index contributed by atoms with van der Waals surface area (Å²) in [6.07, 6.45) is 0.668. The van der Waals surface area contributed by atoms with E-state index < -0.39 is 0 Å². The van der Waals surface area contributed by atoms with E-state index in [1.807, 2.05) is 0 Å². The summed E-state index contributed by atoms with van der Waals surface area (Å²) >= 11 is 0. The van der Waals surface area contributed by atoms with Crippen molar-refractivity contribution in [2.75, 3.05) is 18.8 Å². The van der Waals surface area contributed by atoms with Crippen LogP contribution in [0.2, 0.25) is 0 Å². The highest BCUT2D eigenvalue weighted by Crippen LogP contribution is 2.21. The first kappa shape index (κ1) is 10.3. The first-order valence-corrected chi connectivity index (χ1v) is 5.49. The predicted molar refractivity (Wildman–Crippen MR) is 47.2 cm³/mol. The van der Waals surface area contributed by atoms with Crippen LogP contribution in [0.1, 0.15) is 13.3 Å². The molecule has 0 N–H and O–H groups in total. The zero-order valence-corrected chi connectivity index (χ0v) is 7.89. The lowest BCUT2D eigenvalue weighted by atomic mass is 10.4. The van der Waals surface area contributed by atoms with Gasteiger partial charge in [0.1, 0.15) is 11.7 Å². The summed E-state index contributed by atoms with van der Waals surface area (Å²) in [6, 6.07) is 0. The highest BCUT2D eigenvalue weighted by molar-refractivity contribution is 8.76. The van der Waals surface area contributed by atoms with Crippen LogP contribution in [0.5, 0.6) is 0 Å². The lowest BCUT2D eigenvalue weighted by Crippen LogP contribution is -1.90. The highest BCUT2D eigenvalue weighted by Gasteiger charge is 1.93. The second-order valence-electron chi connectivity index (χ2n) is 1.80. The summed E-state index contributed by atoms with van der Waals surface area (Å²) in [4.78, 5) is 10.4. The smallest absolute Gasteiger partial charge is 0.130 e. The molecular formula is C6H12O2S2. The van der Waals surface area contributed by atoms with Gasteiger partial charge in [-0.15, -0.1) is 0 Å². The predicted octanol–water partition coefficient (Wildman–Crippen LogP) is 1.95. The number of carbonyl (C=O) groups excluding carboxylic acids is 1. The Hall–Kier alpha value is 0.330. The van der Waals surface area contributed by atoms with Gasteiger partial charge >= 0.3 is 0 Å². The van der Waals surface area contributed by atoms with E-state index in [0.717, 1.165) is 5.75 Å². The summed E-state index contributed by atoms with van der Waals surface area (Å²) in [7, 11) is 4.98. The van der Waals surface area contributed by atoms with Crippen molar-refractivity contribution in [3.05, 3.63) is 0 Å². The molecule has 0 aliphatic carbocycles. The Labute approximate surface area is 69.5 Å². The van der Waals surface area contributed by atoms with Crippen LogP contribution >= 0.6 is 21.6 Å². The zero-order chi connectivity index (χ0) is 7.82. The third-order valence-corrected chi connectivity index (χ3v) is 2.94. The van der Waals surface area contributed by atoms with Crippen molar-refractivity contribution in [3.63, 3.8) is 0 Å². The number of ether oxygens (including phenoxy) is 1. The zero-order valence-electron chi connectivity index (χ0n) is 6.25. The van der Waals surface area contributed by atoms with E-state index in [0.29, 0.717) is 12.4 Å². The van der Waals surface area contributed by atoms with Gasteiger partial charge in [0.05, 0.1) is 0 Å². The van der Waals surface area contributed by atoms with Crippen molar-refractivity contribution in [2.24, 2.45) is 0 Å². The molecule has 2 nitrogen and oxygen atoms in total. The molecule has 0 aromatic carbocycles. The van der Waals surface area contributed by atoms with Gasteiger partial charge in [-0.1, -0.05) is 21.6 Å². The van der Waals surface area contributed by atoms with Gasteiger partial charge in [0.25, 0.3) is 0 Å². The number of hydrogen-bond acceptors (Lipinski definition) is 4. The number of hydrogen-bond donors (Lipinski definition) is 0. The summed E-state index contributed by atoms with van der Waals surface area (Å²) < 4.78 is 4.81. The fourth-order valence-corrected chi connectivity index (χ4v) is 2.08. The molecule has 0 spiro atoms. The lowest BCUT2D eigenvalue weighted by molar-refractivity contribution is -0.116. The molecule has 0 heterocycles. The van der Waals surface area contributed by atoms with Crippen LogP contribution in [-0.4, -0.2) is 24.6 Å². The third kappa shape index (κ3) is 8.33. The molecule has 0 aliphatic heterocycles. The van der Waals surface area contributed by atoms with Crippen LogP contribution in [0, 0.1) is 0 Å². The van der Waals surface area contributed by atoms with Gasteiger partial charge in [-0.05, 0) is 6.92 Å². The van der Waals surface area contributed by atoms with Crippen LogP contribution in [0.25, 0.3) is 0 Å². The fourth-order valence-electron chi connectivity index (χ4n) is 0.326. The van der Waals surface area contributed by atoms with E-state index in [2.05, 4.69) is 0 Å². The minimum Gasteiger partial charge on any atom is -0.373 e. The summed E-state index contributed by atoms with van der Waals surface area (Å²) in [6.45, 7) is 1.61. The van der Waals surface area contributed by atoms with Crippen LogP contribution < -0.4 is 0 Å². The number of carbonyl (C=O) groups is 1. The van der Waals surface area contributed by atoms with Crippen molar-refractivity contribution in [3.8, 4) is 0 Å². The average molecular weight is 180 g/mol. The van der Waals surface area contributed by atoms with Crippen molar-refractivity contribution >= 4 is 27.4 Å². The van der Waals surface area contributed by atoms with E-state index in [-0.39, 0.29) is 5.78 Å². The molecule has 0 saturated carbocycles. The number of rotatable bonds is 6. The van der Waals surface area contributed by atoms with E-state index in [4.69, 9.17) is 4.74 Å². The van der Waals surface area contributed by atoms with Crippen LogP contribution in [0.4, 0.5) is 0 Å². The van der Waals surface area contributed by atoms with Gasteiger partial charge in [0.15, 0.2) is 0 Å². The topological polar surface area (TPSA) is 26.3 Å². The average Bonchev–Trinajstić information content (AvgIpc) is 1.87. The van der Waals surface area contributed by atoms with Crippen molar-refractivity contribution in [1.29, 1.82) is 0 Å². The second kappa shape index (κ2) is 7.44. The monoisotopic (exact) mass is 180 g/mol. The Morgan fingerprint density at radius 1 is 1.50 bits per heavy atom. The molecular weight excluding hydrogens is 168 g/mol. The first-order chi connectivity index (χ1) is 4.77. The van der Waals surface area contributed by atoms with E-state index in [1.165, 1.54) is 0 Å². The molecule has 0 aliphatic rings. The number of ketones is 1. The second-order valence-corrected chi connectivity index (χ2v) is 4.33. The fraction of sp³-hybridized carbons (Fsp3) is 0.833. The summed E-state index contributed by atoms with van der Waals surface area (Å²) in [5.41, 5.74) is 0. The Bertz CT molecular complexity index is 95.7. The molecule has 0 fully saturated rings. The van der Waals surface area contributed by atoms with Crippen molar-refractivity contribution < 1.29 is 9.53 Å². The number of Topliss-reactive ketones (excluding diaryl/α,β-unsaturated/α-hetero) is 1. The Morgan fingerprint density at radius 3 is 2.70 bits per heavy atom. The van der Waals surface area contributed by atoms with E-state index >= 15 is 0 Å². The quantitative estimate of drug-likeness (QED) is 0.354. The number of methoxy groups -OCH3 is 1. The van der Waals surface area contributed by atoms with Gasteiger partial charge in [0.2, 0.25) is 0 Å². The first-order valence-electron chi connectivity index (χ1n) is 3.00. The Kier molecular flexibility index (Phi) is 7.68. The summed E-state index contributed by atoms with van der Waals surface area (Å²) in [5, 5.41) is 0. The van der Waals surface area contributed by atoms with Crippen molar-refractivity contribution in [1.82, 2.24) is 0 Å². The van der Waals surface area contributed by atoms with Gasteiger partial charge in [0, 0.05) is 19.3 Å². The summed E-state index contributed by atoms with van der Waals surface area (Å²) in [5.74, 6) is 1.84. The maximum Gasteiger partial charge on any atom is 0.130 e. The molecule has 10 heavy (non-hydrogen) atoms. The Balaban J connectivity index is 2.84. The van der Waals surface area contributed by atoms with Crippen molar-refractivity contribution in [2.45, 2.75) is 13.3 Å². The van der Waals surface area contributed by atoms with E-state index in [9.17, 15) is 4.79 Å². The third-order valence-electron chi connectivity index (χ3n) is 0.787. The molecule has 0 saturated heterocycles. The minimum absolute atomic E-state index is 0.255. The molecule has 0 amide bonds. The molecule has 0 bridgehead atoms. The molecule has 0 aromatic heterocycles. The largest absolute Gasteiger partial charge is 0.373 e. The van der Waals surface area contributed by atoms with Crippen LogP contribution in [0.15, 0.2) is 0 Å². The molecule has 4 heteroatoms. The molecule has 0 unspecified atom stereocenters. The van der Waals surface area contributed by atoms with Crippen LogP contribution in [-0.2, 0) is 9.53 Å². The van der Waals surface area contributed by atoms with Gasteiger partial charge in [-0.3, -0.25) is 4.79 Å². The minimum atomic E-state index is 0.255. The molecule has 0 atom stereocenters. The normalized spacial score (nSPS) is 9.80. The SMILES string of the molecule is COCSSCCC(C)=O. The van der Waals surface area contributed by atoms with Gasteiger partial charge < -0.3 is 4.74 Å². The molecule has 60 valence electrons. The standard InChI is InChI=1S/C6H12O2S2/c1-6(7)3-4-9-10-5-8-2/h3-5H2,1-2H3.